The summed E-state index contributed by atoms with van der Waals surface area (Å²) in [6.07, 6.45) is 2.39. The molecule has 4 rings (SSSR count). The van der Waals surface area contributed by atoms with Gasteiger partial charge in [-0.05, 0) is 42.3 Å². The predicted octanol–water partition coefficient (Wildman–Crippen LogP) is 2.37. The molecular weight excluding hydrogens is 464 g/mol. The summed E-state index contributed by atoms with van der Waals surface area (Å²) in [6.45, 7) is 3.60. The minimum absolute atomic E-state index is 0.121. The highest BCUT2D eigenvalue weighted by Gasteiger charge is 2.35. The van der Waals surface area contributed by atoms with Crippen molar-refractivity contribution >= 4 is 39.5 Å². The standard InChI is InChI=1S/C22H23BrN4O4/c23-16-3-4-17-18(13-16)22(30)27(21(17)29)7-1-2-20(28)25-14-15-5-6-24-19(12-15)26-8-10-31-11-9-26/h3-6,12-13H,1-2,7-11,14H2,(H,25,28). The van der Waals surface area contributed by atoms with Crippen molar-refractivity contribution in [3.8, 4) is 0 Å². The van der Waals surface area contributed by atoms with Gasteiger partial charge in [0.15, 0.2) is 0 Å². The average Bonchev–Trinajstić information content (AvgIpc) is 3.02. The maximum absolute atomic E-state index is 12.5. The number of carbonyl (C=O) groups is 3. The Labute approximate surface area is 188 Å². The molecule has 8 nitrogen and oxygen atoms in total. The van der Waals surface area contributed by atoms with Crippen LogP contribution in [-0.4, -0.2) is 60.5 Å². The van der Waals surface area contributed by atoms with Gasteiger partial charge in [-0.3, -0.25) is 19.3 Å². The number of rotatable bonds is 7. The Hall–Kier alpha value is -2.78. The number of carbonyl (C=O) groups excluding carboxylic acids is 3. The number of fused-ring (bicyclic) bond motifs is 1. The number of hydrogen-bond donors (Lipinski definition) is 1. The van der Waals surface area contributed by atoms with Gasteiger partial charge in [0.2, 0.25) is 5.91 Å². The molecule has 0 bridgehead atoms. The quantitative estimate of drug-likeness (QED) is 0.604. The number of benzene rings is 1. The molecular formula is C22H23BrN4O4. The predicted molar refractivity (Wildman–Crippen MR) is 118 cm³/mol. The van der Waals surface area contributed by atoms with Crippen molar-refractivity contribution in [3.05, 3.63) is 57.7 Å². The topological polar surface area (TPSA) is 91.8 Å². The Morgan fingerprint density at radius 2 is 1.87 bits per heavy atom. The zero-order valence-electron chi connectivity index (χ0n) is 17.0. The lowest BCUT2D eigenvalue weighted by Gasteiger charge is -2.28. The van der Waals surface area contributed by atoms with Gasteiger partial charge in [-0.25, -0.2) is 4.98 Å². The highest BCUT2D eigenvalue weighted by molar-refractivity contribution is 9.10. The molecule has 162 valence electrons. The lowest BCUT2D eigenvalue weighted by molar-refractivity contribution is -0.121. The summed E-state index contributed by atoms with van der Waals surface area (Å²) in [5, 5.41) is 2.90. The molecule has 2 aromatic rings. The number of amides is 3. The minimum atomic E-state index is -0.311. The average molecular weight is 487 g/mol. The van der Waals surface area contributed by atoms with Gasteiger partial charge in [-0.2, -0.15) is 0 Å². The van der Waals surface area contributed by atoms with E-state index in [-0.39, 0.29) is 30.7 Å². The molecule has 0 spiro atoms. The Morgan fingerprint density at radius 3 is 2.68 bits per heavy atom. The number of morpholine rings is 1. The van der Waals surface area contributed by atoms with Crippen LogP contribution in [0.15, 0.2) is 41.0 Å². The fraction of sp³-hybridized carbons (Fsp3) is 0.364. The highest BCUT2D eigenvalue weighted by Crippen LogP contribution is 2.26. The maximum atomic E-state index is 12.5. The molecule has 0 aliphatic carbocycles. The first-order valence-corrected chi connectivity index (χ1v) is 11.0. The fourth-order valence-electron chi connectivity index (χ4n) is 3.69. The third-order valence-corrected chi connectivity index (χ3v) is 5.85. The molecule has 31 heavy (non-hydrogen) atoms. The number of aromatic nitrogens is 1. The number of hydrogen-bond acceptors (Lipinski definition) is 6. The monoisotopic (exact) mass is 486 g/mol. The third-order valence-electron chi connectivity index (χ3n) is 5.35. The van der Waals surface area contributed by atoms with E-state index in [2.05, 4.69) is 31.1 Å². The highest BCUT2D eigenvalue weighted by atomic mass is 79.9. The number of halogens is 1. The molecule has 9 heteroatoms. The van der Waals surface area contributed by atoms with E-state index in [9.17, 15) is 14.4 Å². The van der Waals surface area contributed by atoms with Crippen molar-refractivity contribution in [2.45, 2.75) is 19.4 Å². The second-order valence-electron chi connectivity index (χ2n) is 7.45. The summed E-state index contributed by atoms with van der Waals surface area (Å²) >= 11 is 3.32. The summed E-state index contributed by atoms with van der Waals surface area (Å²) < 4.78 is 6.12. The zero-order valence-corrected chi connectivity index (χ0v) is 18.6. The molecule has 0 radical (unpaired) electrons. The van der Waals surface area contributed by atoms with Crippen molar-refractivity contribution in [2.75, 3.05) is 37.7 Å². The first-order valence-electron chi connectivity index (χ1n) is 10.2. The third kappa shape index (κ3) is 4.94. The Bertz CT molecular complexity index is 1010. The largest absolute Gasteiger partial charge is 0.378 e. The molecule has 1 saturated heterocycles. The van der Waals surface area contributed by atoms with E-state index in [1.54, 1.807) is 24.4 Å². The second kappa shape index (κ2) is 9.57. The summed E-state index contributed by atoms with van der Waals surface area (Å²) in [7, 11) is 0. The number of pyridine rings is 1. The van der Waals surface area contributed by atoms with Gasteiger partial charge < -0.3 is 15.0 Å². The summed E-state index contributed by atoms with van der Waals surface area (Å²) in [6, 6.07) is 8.89. The van der Waals surface area contributed by atoms with E-state index in [0.717, 1.165) is 28.9 Å². The molecule has 1 aromatic carbocycles. The first kappa shape index (κ1) is 21.5. The molecule has 0 atom stereocenters. The SMILES string of the molecule is O=C(CCCN1C(=O)c2ccc(Br)cc2C1=O)NCc1ccnc(N2CCOCC2)c1. The lowest BCUT2D eigenvalue weighted by atomic mass is 10.1. The van der Waals surface area contributed by atoms with Gasteiger partial charge in [0.1, 0.15) is 5.82 Å². The van der Waals surface area contributed by atoms with Crippen LogP contribution < -0.4 is 10.2 Å². The Morgan fingerprint density at radius 1 is 1.10 bits per heavy atom. The maximum Gasteiger partial charge on any atom is 0.261 e. The van der Waals surface area contributed by atoms with E-state index in [0.29, 0.717) is 37.3 Å². The van der Waals surface area contributed by atoms with Crippen LogP contribution in [0.4, 0.5) is 5.82 Å². The minimum Gasteiger partial charge on any atom is -0.378 e. The van der Waals surface area contributed by atoms with E-state index in [1.807, 2.05) is 12.1 Å². The number of nitrogens with zero attached hydrogens (tertiary/aromatic N) is 3. The molecule has 1 N–H and O–H groups in total. The van der Waals surface area contributed by atoms with Crippen LogP contribution in [0.25, 0.3) is 0 Å². The van der Waals surface area contributed by atoms with Crippen molar-refractivity contribution < 1.29 is 19.1 Å². The van der Waals surface area contributed by atoms with E-state index in [1.165, 1.54) is 4.90 Å². The second-order valence-corrected chi connectivity index (χ2v) is 8.37. The lowest BCUT2D eigenvalue weighted by Crippen LogP contribution is -2.36. The van der Waals surface area contributed by atoms with Gasteiger partial charge in [-0.15, -0.1) is 0 Å². The summed E-state index contributed by atoms with van der Waals surface area (Å²) in [4.78, 5) is 44.9. The number of imide groups is 1. The van der Waals surface area contributed by atoms with Crippen LogP contribution in [0, 0.1) is 0 Å². The number of nitrogens with one attached hydrogen (secondary N) is 1. The summed E-state index contributed by atoms with van der Waals surface area (Å²) in [5.41, 5.74) is 1.78. The smallest absolute Gasteiger partial charge is 0.261 e. The van der Waals surface area contributed by atoms with E-state index in [4.69, 9.17) is 4.74 Å². The Balaban J connectivity index is 1.24. The molecule has 2 aliphatic rings. The van der Waals surface area contributed by atoms with Crippen LogP contribution in [0.3, 0.4) is 0 Å². The van der Waals surface area contributed by atoms with Crippen LogP contribution in [-0.2, 0) is 16.1 Å². The van der Waals surface area contributed by atoms with Crippen molar-refractivity contribution in [1.29, 1.82) is 0 Å². The van der Waals surface area contributed by atoms with Crippen LogP contribution in [0.1, 0.15) is 39.1 Å². The van der Waals surface area contributed by atoms with Crippen molar-refractivity contribution in [2.24, 2.45) is 0 Å². The van der Waals surface area contributed by atoms with E-state index >= 15 is 0 Å². The van der Waals surface area contributed by atoms with Crippen LogP contribution >= 0.6 is 15.9 Å². The van der Waals surface area contributed by atoms with Crippen LogP contribution in [0.5, 0.6) is 0 Å². The van der Waals surface area contributed by atoms with Gasteiger partial charge in [0.25, 0.3) is 11.8 Å². The molecule has 1 aromatic heterocycles. The van der Waals surface area contributed by atoms with Crippen molar-refractivity contribution in [1.82, 2.24) is 15.2 Å². The number of anilines is 1. The van der Waals surface area contributed by atoms with Crippen LogP contribution in [0.2, 0.25) is 0 Å². The van der Waals surface area contributed by atoms with Gasteiger partial charge in [-0.1, -0.05) is 15.9 Å². The molecule has 3 heterocycles. The zero-order chi connectivity index (χ0) is 21.8. The number of ether oxygens (including phenoxy) is 1. The van der Waals surface area contributed by atoms with Crippen molar-refractivity contribution in [3.63, 3.8) is 0 Å². The molecule has 0 unspecified atom stereocenters. The molecule has 1 fully saturated rings. The summed E-state index contributed by atoms with van der Waals surface area (Å²) in [5.74, 6) is 0.144. The van der Waals surface area contributed by atoms with Gasteiger partial charge >= 0.3 is 0 Å². The molecule has 0 saturated carbocycles. The molecule has 2 aliphatic heterocycles. The van der Waals surface area contributed by atoms with E-state index < -0.39 is 0 Å². The molecule has 3 amide bonds. The normalized spacial score (nSPS) is 15.9. The Kier molecular flexibility index (Phi) is 6.62. The van der Waals surface area contributed by atoms with Gasteiger partial charge in [0, 0.05) is 43.3 Å². The fourth-order valence-corrected chi connectivity index (χ4v) is 4.05. The first-order chi connectivity index (χ1) is 15.0. The van der Waals surface area contributed by atoms with Gasteiger partial charge in [0.05, 0.1) is 24.3 Å².